The molecular weight excluding hydrogens is 433 g/mol. The molecule has 1 amide bonds. The average molecular weight is 450 g/mol. The molecule has 0 bridgehead atoms. The van der Waals surface area contributed by atoms with Crippen molar-refractivity contribution in [2.45, 2.75) is 12.7 Å². The normalized spacial score (nSPS) is 11.9. The number of fused-ring (bicyclic) bond motifs is 3. The number of hydrogen-bond acceptors (Lipinski definition) is 4. The molecule has 5 aromatic rings. The number of benzene rings is 2. The lowest BCUT2D eigenvalue weighted by Gasteiger charge is -2.10. The van der Waals surface area contributed by atoms with Gasteiger partial charge in [0, 0.05) is 29.9 Å². The minimum atomic E-state index is -4.41. The van der Waals surface area contributed by atoms with E-state index in [-0.39, 0.29) is 12.5 Å². The topological polar surface area (TPSA) is 77.6 Å². The van der Waals surface area contributed by atoms with E-state index < -0.39 is 11.7 Å². The number of aromatic nitrogens is 5. The standard InChI is InChI=1S/C23H17F3N6O/c1-31-13-30-21-20(31)18-10-14(22(33)28-11-16-8-9-27-12-29-16)2-7-19(18)32(21)17-5-3-15(4-6-17)23(24,25)26/h2-10,12-13H,11H2,1H3,(H,28,33). The monoisotopic (exact) mass is 450 g/mol. The first-order chi connectivity index (χ1) is 15.8. The van der Waals surface area contributed by atoms with E-state index in [9.17, 15) is 18.0 Å². The van der Waals surface area contributed by atoms with Crippen LogP contribution in [0.4, 0.5) is 13.2 Å². The highest BCUT2D eigenvalue weighted by Gasteiger charge is 2.30. The first-order valence-corrected chi connectivity index (χ1v) is 9.99. The van der Waals surface area contributed by atoms with E-state index in [2.05, 4.69) is 20.3 Å². The molecule has 0 aliphatic heterocycles. The van der Waals surface area contributed by atoms with Crippen molar-refractivity contribution in [1.82, 2.24) is 29.4 Å². The van der Waals surface area contributed by atoms with Gasteiger partial charge in [0.25, 0.3) is 5.91 Å². The SMILES string of the molecule is Cn1cnc2c1c1cc(C(=O)NCc3ccncn3)ccc1n2-c1ccc(C(F)(F)F)cc1. The fraction of sp³-hybridized carbons (Fsp3) is 0.130. The Bertz CT molecular complexity index is 1470. The van der Waals surface area contributed by atoms with Crippen molar-refractivity contribution >= 4 is 28.0 Å². The minimum Gasteiger partial charge on any atom is -0.346 e. The number of nitrogens with zero attached hydrogens (tertiary/aromatic N) is 5. The molecule has 0 radical (unpaired) electrons. The lowest BCUT2D eigenvalue weighted by atomic mass is 10.1. The number of rotatable bonds is 4. The number of carbonyl (C=O) groups is 1. The van der Waals surface area contributed by atoms with Gasteiger partial charge < -0.3 is 9.88 Å². The van der Waals surface area contributed by atoms with Crippen molar-refractivity contribution in [3.8, 4) is 5.69 Å². The van der Waals surface area contributed by atoms with Gasteiger partial charge in [-0.15, -0.1) is 0 Å². The van der Waals surface area contributed by atoms with E-state index in [1.54, 1.807) is 41.4 Å². The highest BCUT2D eigenvalue weighted by atomic mass is 19.4. The van der Waals surface area contributed by atoms with Gasteiger partial charge in [-0.25, -0.2) is 15.0 Å². The largest absolute Gasteiger partial charge is 0.416 e. The second kappa shape index (κ2) is 7.73. The predicted octanol–water partition coefficient (Wildman–Crippen LogP) is 4.26. The van der Waals surface area contributed by atoms with Crippen molar-refractivity contribution in [2.75, 3.05) is 0 Å². The zero-order valence-corrected chi connectivity index (χ0v) is 17.3. The number of imidazole rings is 1. The van der Waals surface area contributed by atoms with Crippen LogP contribution in [-0.4, -0.2) is 30.0 Å². The summed E-state index contributed by atoms with van der Waals surface area (Å²) in [6.45, 7) is 0.257. The molecule has 0 saturated carbocycles. The molecule has 166 valence electrons. The summed E-state index contributed by atoms with van der Waals surface area (Å²) in [5.41, 5.74) is 3.05. The predicted molar refractivity (Wildman–Crippen MR) is 116 cm³/mol. The highest BCUT2D eigenvalue weighted by Crippen LogP contribution is 2.34. The Hall–Kier alpha value is -4.21. The third kappa shape index (κ3) is 3.69. The van der Waals surface area contributed by atoms with Crippen LogP contribution in [0.3, 0.4) is 0 Å². The average Bonchev–Trinajstić information content (AvgIpc) is 3.34. The number of aryl methyl sites for hydroxylation is 1. The molecule has 7 nitrogen and oxygen atoms in total. The number of nitrogens with one attached hydrogen (secondary N) is 1. The van der Waals surface area contributed by atoms with Crippen molar-refractivity contribution in [1.29, 1.82) is 0 Å². The summed E-state index contributed by atoms with van der Waals surface area (Å²) in [6.07, 6.45) is 0.235. The second-order valence-electron chi connectivity index (χ2n) is 7.52. The van der Waals surface area contributed by atoms with Gasteiger partial charge in [-0.3, -0.25) is 9.36 Å². The highest BCUT2D eigenvalue weighted by molar-refractivity contribution is 6.09. The number of alkyl halides is 3. The summed E-state index contributed by atoms with van der Waals surface area (Å²) in [6, 6.07) is 11.8. The van der Waals surface area contributed by atoms with Crippen LogP contribution in [0.5, 0.6) is 0 Å². The summed E-state index contributed by atoms with van der Waals surface area (Å²) < 4.78 is 42.6. The van der Waals surface area contributed by atoms with Gasteiger partial charge >= 0.3 is 6.18 Å². The molecule has 3 heterocycles. The van der Waals surface area contributed by atoms with Crippen LogP contribution in [0, 0.1) is 0 Å². The van der Waals surface area contributed by atoms with Crippen molar-refractivity contribution in [3.05, 3.63) is 84.2 Å². The zero-order valence-electron chi connectivity index (χ0n) is 17.3. The van der Waals surface area contributed by atoms with Crippen molar-refractivity contribution in [2.24, 2.45) is 7.05 Å². The molecule has 2 aromatic carbocycles. The van der Waals surface area contributed by atoms with Crippen LogP contribution < -0.4 is 5.32 Å². The zero-order chi connectivity index (χ0) is 23.2. The Morgan fingerprint density at radius 2 is 1.85 bits per heavy atom. The summed E-state index contributed by atoms with van der Waals surface area (Å²) >= 11 is 0. The molecule has 0 saturated heterocycles. The molecule has 0 fully saturated rings. The van der Waals surface area contributed by atoms with Gasteiger partial charge in [0.1, 0.15) is 6.33 Å². The molecule has 3 aromatic heterocycles. The maximum absolute atomic E-state index is 13.0. The lowest BCUT2D eigenvalue weighted by Crippen LogP contribution is -2.23. The first-order valence-electron chi connectivity index (χ1n) is 9.99. The van der Waals surface area contributed by atoms with E-state index in [4.69, 9.17) is 0 Å². The Morgan fingerprint density at radius 1 is 1.06 bits per heavy atom. The number of hydrogen-bond donors (Lipinski definition) is 1. The van der Waals surface area contributed by atoms with Gasteiger partial charge in [-0.1, -0.05) is 0 Å². The molecule has 0 unspecified atom stereocenters. The Labute approximate surface area is 185 Å². The molecule has 10 heteroatoms. The molecule has 0 spiro atoms. The van der Waals surface area contributed by atoms with E-state index >= 15 is 0 Å². The number of amides is 1. The first kappa shape index (κ1) is 20.7. The summed E-state index contributed by atoms with van der Waals surface area (Å²) in [4.78, 5) is 25.1. The lowest BCUT2D eigenvalue weighted by molar-refractivity contribution is -0.137. The molecule has 33 heavy (non-hydrogen) atoms. The molecule has 1 N–H and O–H groups in total. The summed E-state index contributed by atoms with van der Waals surface area (Å²) in [5, 5.41) is 3.59. The Kier molecular flexibility index (Phi) is 4.85. The maximum atomic E-state index is 13.0. The van der Waals surface area contributed by atoms with Crippen LogP contribution >= 0.6 is 0 Å². The van der Waals surface area contributed by atoms with Crippen molar-refractivity contribution in [3.63, 3.8) is 0 Å². The Balaban J connectivity index is 1.55. The number of halogens is 3. The molecule has 0 aliphatic carbocycles. The number of carbonyl (C=O) groups excluding carboxylic acids is 1. The minimum absolute atomic E-state index is 0.257. The van der Waals surface area contributed by atoms with Crippen LogP contribution in [-0.2, 0) is 19.8 Å². The second-order valence-corrected chi connectivity index (χ2v) is 7.52. The molecule has 0 aliphatic rings. The summed E-state index contributed by atoms with van der Waals surface area (Å²) in [7, 11) is 1.83. The Morgan fingerprint density at radius 3 is 2.55 bits per heavy atom. The van der Waals surface area contributed by atoms with E-state index in [1.165, 1.54) is 18.5 Å². The third-order valence-electron chi connectivity index (χ3n) is 5.41. The van der Waals surface area contributed by atoms with Gasteiger partial charge in [0.2, 0.25) is 0 Å². The van der Waals surface area contributed by atoms with Crippen LogP contribution in [0.15, 0.2) is 67.4 Å². The maximum Gasteiger partial charge on any atom is 0.416 e. The fourth-order valence-corrected chi connectivity index (χ4v) is 3.82. The van der Waals surface area contributed by atoms with Crippen LogP contribution in [0.2, 0.25) is 0 Å². The smallest absolute Gasteiger partial charge is 0.346 e. The van der Waals surface area contributed by atoms with Crippen LogP contribution in [0.25, 0.3) is 27.8 Å². The quantitative estimate of drug-likeness (QED) is 0.444. The molecule has 5 rings (SSSR count). The van der Waals surface area contributed by atoms with Gasteiger partial charge in [0.15, 0.2) is 5.65 Å². The molecule has 0 atom stereocenters. The van der Waals surface area contributed by atoms with E-state index in [0.717, 1.165) is 28.6 Å². The van der Waals surface area contributed by atoms with Crippen molar-refractivity contribution < 1.29 is 18.0 Å². The van der Waals surface area contributed by atoms with Gasteiger partial charge in [-0.2, -0.15) is 13.2 Å². The van der Waals surface area contributed by atoms with Gasteiger partial charge in [-0.05, 0) is 48.5 Å². The van der Waals surface area contributed by atoms with Gasteiger partial charge in [0.05, 0.1) is 35.2 Å². The van der Waals surface area contributed by atoms with E-state index in [1.807, 2.05) is 11.6 Å². The van der Waals surface area contributed by atoms with E-state index in [0.29, 0.717) is 22.6 Å². The fourth-order valence-electron chi connectivity index (χ4n) is 3.82. The molecular formula is C23H17F3N6O. The summed E-state index contributed by atoms with van der Waals surface area (Å²) in [5.74, 6) is -0.270. The third-order valence-corrected chi connectivity index (χ3v) is 5.41. The van der Waals surface area contributed by atoms with Crippen LogP contribution in [0.1, 0.15) is 21.6 Å².